The monoisotopic (exact) mass is 383 g/mol. The minimum atomic E-state index is -4.45. The Hall–Kier alpha value is -2.51. The average molecular weight is 383 g/mol. The van der Waals surface area contributed by atoms with Gasteiger partial charge in [-0.3, -0.25) is 0 Å². The van der Waals surface area contributed by atoms with Crippen LogP contribution in [0.15, 0.2) is 18.2 Å². The maximum atomic E-state index is 13.0. The van der Waals surface area contributed by atoms with Gasteiger partial charge in [-0.2, -0.15) is 13.2 Å². The number of benzene rings is 1. The van der Waals surface area contributed by atoms with Crippen molar-refractivity contribution >= 4 is 5.82 Å². The smallest absolute Gasteiger partial charge is 0.416 e. The standard InChI is InChI=1S/C19H24F3N3O2/c1-5-6-7-10-27-18-17(23-3)25-16(12(2)24-18)14-9-8-13(19(20,21)22)11-15(14)26-4/h8-9,11H,5-7,10H2,1-4H3,(H,23,25). The normalized spacial score (nSPS) is 11.4. The number of aryl methyl sites for hydroxylation is 1. The SMILES string of the molecule is CCCCCOc1nc(C)c(-c2ccc(C(F)(F)F)cc2OC)nc1NC. The Morgan fingerprint density at radius 2 is 1.89 bits per heavy atom. The summed E-state index contributed by atoms with van der Waals surface area (Å²) in [6.45, 7) is 4.37. The number of hydrogen-bond donors (Lipinski definition) is 1. The molecule has 0 amide bonds. The molecule has 0 aliphatic carbocycles. The van der Waals surface area contributed by atoms with E-state index in [1.165, 1.54) is 13.2 Å². The number of halogens is 3. The van der Waals surface area contributed by atoms with Crippen LogP contribution < -0.4 is 14.8 Å². The van der Waals surface area contributed by atoms with E-state index in [-0.39, 0.29) is 5.75 Å². The Bertz CT molecular complexity index is 780. The quantitative estimate of drug-likeness (QED) is 0.644. The number of nitrogens with one attached hydrogen (secondary N) is 1. The van der Waals surface area contributed by atoms with E-state index in [0.29, 0.717) is 35.3 Å². The van der Waals surface area contributed by atoms with Crippen molar-refractivity contribution < 1.29 is 22.6 Å². The molecule has 148 valence electrons. The highest BCUT2D eigenvalue weighted by atomic mass is 19.4. The number of ether oxygens (including phenoxy) is 2. The second-order valence-corrected chi connectivity index (χ2v) is 6.03. The Morgan fingerprint density at radius 3 is 2.48 bits per heavy atom. The fourth-order valence-corrected chi connectivity index (χ4v) is 2.60. The van der Waals surface area contributed by atoms with Crippen molar-refractivity contribution in [3.8, 4) is 22.9 Å². The third-order valence-corrected chi connectivity index (χ3v) is 4.05. The molecule has 0 bridgehead atoms. The van der Waals surface area contributed by atoms with E-state index in [2.05, 4.69) is 22.2 Å². The molecule has 5 nitrogen and oxygen atoms in total. The van der Waals surface area contributed by atoms with Crippen molar-refractivity contribution in [2.45, 2.75) is 39.3 Å². The van der Waals surface area contributed by atoms with E-state index < -0.39 is 11.7 Å². The van der Waals surface area contributed by atoms with Crippen LogP contribution in [0.1, 0.15) is 37.4 Å². The fraction of sp³-hybridized carbons (Fsp3) is 0.474. The minimum Gasteiger partial charge on any atom is -0.496 e. The first-order valence-corrected chi connectivity index (χ1v) is 8.76. The molecule has 0 aliphatic heterocycles. The van der Waals surface area contributed by atoms with Gasteiger partial charge in [-0.05, 0) is 31.5 Å². The number of nitrogens with zero attached hydrogens (tertiary/aromatic N) is 2. The minimum absolute atomic E-state index is 0.0842. The Labute approximate surface area is 156 Å². The summed E-state index contributed by atoms with van der Waals surface area (Å²) in [6, 6.07) is 3.32. The van der Waals surface area contributed by atoms with Crippen molar-refractivity contribution in [1.82, 2.24) is 9.97 Å². The number of anilines is 1. The van der Waals surface area contributed by atoms with Gasteiger partial charge >= 0.3 is 6.18 Å². The Morgan fingerprint density at radius 1 is 1.15 bits per heavy atom. The van der Waals surface area contributed by atoms with Gasteiger partial charge in [0.1, 0.15) is 5.75 Å². The van der Waals surface area contributed by atoms with Gasteiger partial charge in [0.2, 0.25) is 0 Å². The van der Waals surface area contributed by atoms with Gasteiger partial charge in [0.25, 0.3) is 5.88 Å². The molecule has 1 N–H and O–H groups in total. The van der Waals surface area contributed by atoms with Crippen molar-refractivity contribution in [1.29, 1.82) is 0 Å². The number of unbranched alkanes of at least 4 members (excludes halogenated alkanes) is 2. The summed E-state index contributed by atoms with van der Waals surface area (Å²) < 4.78 is 49.7. The van der Waals surface area contributed by atoms with Crippen LogP contribution in [0, 0.1) is 6.92 Å². The van der Waals surface area contributed by atoms with Crippen LogP contribution in [0.25, 0.3) is 11.3 Å². The summed E-state index contributed by atoms with van der Waals surface area (Å²) in [7, 11) is 3.01. The number of hydrogen-bond acceptors (Lipinski definition) is 5. The molecule has 1 aromatic carbocycles. The first kappa shape index (κ1) is 20.8. The van der Waals surface area contributed by atoms with Gasteiger partial charge in [-0.25, -0.2) is 9.97 Å². The second kappa shape index (κ2) is 8.92. The van der Waals surface area contributed by atoms with Crippen LogP contribution >= 0.6 is 0 Å². The highest BCUT2D eigenvalue weighted by molar-refractivity contribution is 5.71. The lowest BCUT2D eigenvalue weighted by Gasteiger charge is -2.16. The first-order valence-electron chi connectivity index (χ1n) is 8.76. The molecule has 8 heteroatoms. The molecule has 1 heterocycles. The van der Waals surface area contributed by atoms with E-state index in [4.69, 9.17) is 9.47 Å². The Kier molecular flexibility index (Phi) is 6.87. The lowest BCUT2D eigenvalue weighted by molar-refractivity contribution is -0.137. The van der Waals surface area contributed by atoms with Crippen LogP contribution in [-0.4, -0.2) is 30.7 Å². The fourth-order valence-electron chi connectivity index (χ4n) is 2.60. The largest absolute Gasteiger partial charge is 0.496 e. The van der Waals surface area contributed by atoms with Gasteiger partial charge in [0.05, 0.1) is 30.7 Å². The molecular weight excluding hydrogens is 359 g/mol. The zero-order valence-electron chi connectivity index (χ0n) is 15.9. The van der Waals surface area contributed by atoms with Gasteiger partial charge in [0.15, 0.2) is 5.82 Å². The third kappa shape index (κ3) is 5.02. The van der Waals surface area contributed by atoms with Crippen molar-refractivity contribution in [2.75, 3.05) is 26.1 Å². The predicted molar refractivity (Wildman–Crippen MR) is 98.3 cm³/mol. The van der Waals surface area contributed by atoms with Gasteiger partial charge < -0.3 is 14.8 Å². The number of alkyl halides is 3. The maximum Gasteiger partial charge on any atom is 0.416 e. The Balaban J connectivity index is 2.41. The van der Waals surface area contributed by atoms with Gasteiger partial charge in [-0.15, -0.1) is 0 Å². The topological polar surface area (TPSA) is 56.3 Å². The van der Waals surface area contributed by atoms with E-state index >= 15 is 0 Å². The molecule has 0 saturated carbocycles. The maximum absolute atomic E-state index is 13.0. The van der Waals surface area contributed by atoms with Crippen LogP contribution in [0.4, 0.5) is 19.0 Å². The van der Waals surface area contributed by atoms with Crippen molar-refractivity contribution in [2.24, 2.45) is 0 Å². The van der Waals surface area contributed by atoms with Crippen LogP contribution in [0.2, 0.25) is 0 Å². The predicted octanol–water partition coefficient (Wildman–Crippen LogP) is 5.09. The molecule has 0 saturated heterocycles. The highest BCUT2D eigenvalue weighted by Gasteiger charge is 2.31. The van der Waals surface area contributed by atoms with Gasteiger partial charge in [0, 0.05) is 12.6 Å². The number of rotatable bonds is 8. The average Bonchev–Trinajstić information content (AvgIpc) is 2.64. The molecule has 0 fully saturated rings. The summed E-state index contributed by atoms with van der Waals surface area (Å²) in [4.78, 5) is 8.94. The molecular formula is C19H24F3N3O2. The highest BCUT2D eigenvalue weighted by Crippen LogP contribution is 2.38. The van der Waals surface area contributed by atoms with E-state index in [1.807, 2.05) is 0 Å². The molecule has 0 aliphatic rings. The van der Waals surface area contributed by atoms with Crippen LogP contribution in [-0.2, 0) is 6.18 Å². The summed E-state index contributed by atoms with van der Waals surface area (Å²) in [5.74, 6) is 0.885. The molecule has 0 radical (unpaired) electrons. The van der Waals surface area contributed by atoms with Crippen LogP contribution in [0.3, 0.4) is 0 Å². The lowest BCUT2D eigenvalue weighted by atomic mass is 10.1. The molecule has 27 heavy (non-hydrogen) atoms. The van der Waals surface area contributed by atoms with Crippen LogP contribution in [0.5, 0.6) is 11.6 Å². The lowest BCUT2D eigenvalue weighted by Crippen LogP contribution is -2.08. The van der Waals surface area contributed by atoms with E-state index in [9.17, 15) is 13.2 Å². The summed E-state index contributed by atoms with van der Waals surface area (Å²) in [5.41, 5.74) is 0.631. The van der Waals surface area contributed by atoms with Crippen molar-refractivity contribution in [3.63, 3.8) is 0 Å². The summed E-state index contributed by atoms with van der Waals surface area (Å²) in [5, 5.41) is 2.93. The third-order valence-electron chi connectivity index (χ3n) is 4.05. The summed E-state index contributed by atoms with van der Waals surface area (Å²) >= 11 is 0. The molecule has 2 aromatic rings. The van der Waals surface area contributed by atoms with Crippen molar-refractivity contribution in [3.05, 3.63) is 29.5 Å². The molecule has 0 unspecified atom stereocenters. The number of methoxy groups -OCH3 is 1. The van der Waals surface area contributed by atoms with E-state index in [1.54, 1.807) is 14.0 Å². The van der Waals surface area contributed by atoms with Gasteiger partial charge in [-0.1, -0.05) is 19.8 Å². The number of aromatic nitrogens is 2. The summed E-state index contributed by atoms with van der Waals surface area (Å²) in [6.07, 6.45) is -1.39. The van der Waals surface area contributed by atoms with E-state index in [0.717, 1.165) is 31.4 Å². The molecule has 2 rings (SSSR count). The zero-order chi connectivity index (χ0) is 20.0. The second-order valence-electron chi connectivity index (χ2n) is 6.03. The zero-order valence-corrected chi connectivity index (χ0v) is 15.9. The molecule has 0 atom stereocenters. The molecule has 0 spiro atoms. The first-order chi connectivity index (χ1) is 12.8. The molecule has 1 aromatic heterocycles.